The second kappa shape index (κ2) is 8.89. The van der Waals surface area contributed by atoms with Gasteiger partial charge in [-0.15, -0.1) is 10.2 Å². The van der Waals surface area contributed by atoms with E-state index >= 15 is 0 Å². The molecule has 1 aliphatic carbocycles. The number of anilines is 1. The lowest BCUT2D eigenvalue weighted by Crippen LogP contribution is -2.25. The molecular formula is C21H20ClN5O2S. The Morgan fingerprint density at radius 3 is 2.73 bits per heavy atom. The zero-order valence-electron chi connectivity index (χ0n) is 16.3. The summed E-state index contributed by atoms with van der Waals surface area (Å²) >= 11 is 7.52. The molecule has 7 nitrogen and oxygen atoms in total. The first-order valence-electron chi connectivity index (χ1n) is 9.49. The number of halogens is 1. The first-order chi connectivity index (χ1) is 14.5. The Morgan fingerprint density at radius 2 is 1.97 bits per heavy atom. The van der Waals surface area contributed by atoms with E-state index in [0.717, 1.165) is 18.4 Å². The third-order valence-electron chi connectivity index (χ3n) is 4.60. The van der Waals surface area contributed by atoms with Gasteiger partial charge in [0.05, 0.1) is 10.8 Å². The van der Waals surface area contributed by atoms with Crippen LogP contribution >= 0.6 is 23.4 Å². The van der Waals surface area contributed by atoms with Crippen LogP contribution in [0.4, 0.5) is 5.69 Å². The number of nitrogens with one attached hydrogen (secondary N) is 2. The zero-order valence-corrected chi connectivity index (χ0v) is 17.8. The molecule has 4 rings (SSSR count). The maximum atomic E-state index is 12.4. The largest absolute Gasteiger partial charge is 0.349 e. The fourth-order valence-corrected chi connectivity index (χ4v) is 3.81. The molecule has 0 aliphatic heterocycles. The topological polar surface area (TPSA) is 88.9 Å². The molecule has 3 aromatic rings. The van der Waals surface area contributed by atoms with Gasteiger partial charge < -0.3 is 15.2 Å². The summed E-state index contributed by atoms with van der Waals surface area (Å²) < 4.78 is 1.81. The highest BCUT2D eigenvalue weighted by molar-refractivity contribution is 7.99. The predicted octanol–water partition coefficient (Wildman–Crippen LogP) is 3.76. The van der Waals surface area contributed by atoms with Gasteiger partial charge >= 0.3 is 0 Å². The van der Waals surface area contributed by atoms with E-state index in [4.69, 9.17) is 11.6 Å². The number of aromatic nitrogens is 3. The van der Waals surface area contributed by atoms with Crippen LogP contribution in [0.3, 0.4) is 0 Å². The molecule has 30 heavy (non-hydrogen) atoms. The van der Waals surface area contributed by atoms with Gasteiger partial charge in [-0.05, 0) is 43.2 Å². The van der Waals surface area contributed by atoms with E-state index < -0.39 is 0 Å². The first-order valence-corrected chi connectivity index (χ1v) is 10.9. The molecule has 0 spiro atoms. The molecule has 2 N–H and O–H groups in total. The summed E-state index contributed by atoms with van der Waals surface area (Å²) in [4.78, 5) is 24.6. The van der Waals surface area contributed by atoms with E-state index in [1.54, 1.807) is 30.3 Å². The molecule has 0 saturated heterocycles. The Labute approximate surface area is 183 Å². The van der Waals surface area contributed by atoms with Gasteiger partial charge in [0.2, 0.25) is 5.91 Å². The van der Waals surface area contributed by atoms with Crippen molar-refractivity contribution < 1.29 is 9.59 Å². The van der Waals surface area contributed by atoms with E-state index in [9.17, 15) is 9.59 Å². The van der Waals surface area contributed by atoms with E-state index in [-0.39, 0.29) is 23.6 Å². The van der Waals surface area contributed by atoms with E-state index in [1.165, 1.54) is 11.8 Å². The number of carbonyl (C=O) groups excluding carboxylic acids is 2. The van der Waals surface area contributed by atoms with Gasteiger partial charge in [0.25, 0.3) is 5.91 Å². The average molecular weight is 442 g/mol. The number of thioether (sulfide) groups is 1. The van der Waals surface area contributed by atoms with Crippen LogP contribution in [0.1, 0.15) is 23.2 Å². The Balaban J connectivity index is 1.36. The SMILES string of the molecule is Cn1c(SCC(=O)Nc2cccc(C(=O)NC3CC3)c2)nnc1-c1ccccc1Cl. The highest BCUT2D eigenvalue weighted by atomic mass is 35.5. The van der Waals surface area contributed by atoms with Crippen LogP contribution in [-0.2, 0) is 11.8 Å². The second-order valence-electron chi connectivity index (χ2n) is 7.01. The van der Waals surface area contributed by atoms with Gasteiger partial charge in [-0.2, -0.15) is 0 Å². The Bertz CT molecular complexity index is 1100. The number of hydrogen-bond acceptors (Lipinski definition) is 5. The average Bonchev–Trinajstić information content (AvgIpc) is 3.48. The van der Waals surface area contributed by atoms with Gasteiger partial charge in [0.15, 0.2) is 11.0 Å². The van der Waals surface area contributed by atoms with Crippen molar-refractivity contribution in [2.24, 2.45) is 7.05 Å². The van der Waals surface area contributed by atoms with Gasteiger partial charge in [0, 0.05) is 29.9 Å². The highest BCUT2D eigenvalue weighted by Crippen LogP contribution is 2.28. The smallest absolute Gasteiger partial charge is 0.251 e. The Hall–Kier alpha value is -2.84. The molecule has 2 aromatic carbocycles. The van der Waals surface area contributed by atoms with E-state index in [0.29, 0.717) is 27.3 Å². The molecular weight excluding hydrogens is 422 g/mol. The van der Waals surface area contributed by atoms with Crippen LogP contribution in [0.5, 0.6) is 0 Å². The molecule has 2 amide bonds. The van der Waals surface area contributed by atoms with E-state index in [2.05, 4.69) is 20.8 Å². The molecule has 1 aromatic heterocycles. The number of nitrogens with zero attached hydrogens (tertiary/aromatic N) is 3. The molecule has 1 aliphatic rings. The van der Waals surface area contributed by atoms with Crippen molar-refractivity contribution in [1.82, 2.24) is 20.1 Å². The molecule has 1 fully saturated rings. The van der Waals surface area contributed by atoms with Crippen molar-refractivity contribution in [3.63, 3.8) is 0 Å². The number of hydrogen-bond donors (Lipinski definition) is 2. The molecule has 1 saturated carbocycles. The fraction of sp³-hybridized carbons (Fsp3) is 0.238. The lowest BCUT2D eigenvalue weighted by atomic mass is 10.2. The number of carbonyl (C=O) groups is 2. The van der Waals surface area contributed by atoms with Crippen LogP contribution in [-0.4, -0.2) is 38.4 Å². The van der Waals surface area contributed by atoms with Gasteiger partial charge in [-0.25, -0.2) is 0 Å². The monoisotopic (exact) mass is 441 g/mol. The standard InChI is InChI=1S/C21H20ClN5O2S/c1-27-19(16-7-2-3-8-17(16)22)25-26-21(27)30-12-18(28)23-15-6-4-5-13(11-15)20(29)24-14-9-10-14/h2-8,11,14H,9-10,12H2,1H3,(H,23,28)(H,24,29). The minimum atomic E-state index is -0.193. The van der Waals surface area contributed by atoms with Gasteiger partial charge in [-0.1, -0.05) is 41.6 Å². The first kappa shape index (κ1) is 20.4. The fourth-order valence-electron chi connectivity index (χ4n) is 2.88. The molecule has 154 valence electrons. The zero-order chi connectivity index (χ0) is 21.1. The lowest BCUT2D eigenvalue weighted by Gasteiger charge is -2.08. The van der Waals surface area contributed by atoms with Gasteiger partial charge in [-0.3, -0.25) is 9.59 Å². The van der Waals surface area contributed by atoms with Crippen molar-refractivity contribution in [3.8, 4) is 11.4 Å². The van der Waals surface area contributed by atoms with Crippen LogP contribution in [0.15, 0.2) is 53.7 Å². The third-order valence-corrected chi connectivity index (χ3v) is 5.95. The molecule has 1 heterocycles. The molecule has 0 bridgehead atoms. The summed E-state index contributed by atoms with van der Waals surface area (Å²) in [6.07, 6.45) is 2.05. The van der Waals surface area contributed by atoms with E-state index in [1.807, 2.05) is 29.8 Å². The van der Waals surface area contributed by atoms with Crippen LogP contribution in [0.2, 0.25) is 5.02 Å². The molecule has 9 heteroatoms. The summed E-state index contributed by atoms with van der Waals surface area (Å²) in [5.41, 5.74) is 1.90. The minimum absolute atomic E-state index is 0.117. The van der Waals surface area contributed by atoms with Crippen molar-refractivity contribution in [3.05, 3.63) is 59.1 Å². The maximum Gasteiger partial charge on any atom is 0.251 e. The van der Waals surface area contributed by atoms with Crippen LogP contribution in [0, 0.1) is 0 Å². The molecule has 0 atom stereocenters. The summed E-state index contributed by atoms with van der Waals surface area (Å²) in [6, 6.07) is 14.6. The maximum absolute atomic E-state index is 12.4. The quantitative estimate of drug-likeness (QED) is 0.545. The normalized spacial score (nSPS) is 13.1. The number of amides is 2. The Morgan fingerprint density at radius 1 is 1.17 bits per heavy atom. The van der Waals surface area contributed by atoms with Crippen LogP contribution < -0.4 is 10.6 Å². The second-order valence-corrected chi connectivity index (χ2v) is 8.36. The van der Waals surface area contributed by atoms with Gasteiger partial charge in [0.1, 0.15) is 0 Å². The summed E-state index contributed by atoms with van der Waals surface area (Å²) in [5.74, 6) is 0.488. The number of rotatable bonds is 7. The summed E-state index contributed by atoms with van der Waals surface area (Å²) in [5, 5.41) is 15.3. The summed E-state index contributed by atoms with van der Waals surface area (Å²) in [7, 11) is 1.83. The predicted molar refractivity (Wildman–Crippen MR) is 118 cm³/mol. The highest BCUT2D eigenvalue weighted by Gasteiger charge is 2.23. The van der Waals surface area contributed by atoms with Crippen molar-refractivity contribution >= 4 is 40.9 Å². The van der Waals surface area contributed by atoms with Crippen molar-refractivity contribution in [2.75, 3.05) is 11.1 Å². The lowest BCUT2D eigenvalue weighted by molar-refractivity contribution is -0.113. The molecule has 0 radical (unpaired) electrons. The van der Waals surface area contributed by atoms with Crippen molar-refractivity contribution in [1.29, 1.82) is 0 Å². The Kier molecular flexibility index (Phi) is 6.06. The van der Waals surface area contributed by atoms with Crippen molar-refractivity contribution in [2.45, 2.75) is 24.0 Å². The van der Waals surface area contributed by atoms with Crippen LogP contribution in [0.25, 0.3) is 11.4 Å². The molecule has 0 unspecified atom stereocenters. The summed E-state index contributed by atoms with van der Waals surface area (Å²) in [6.45, 7) is 0. The number of benzene rings is 2. The minimum Gasteiger partial charge on any atom is -0.349 e. The third kappa shape index (κ3) is 4.83.